The fraction of sp³-hybridized carbons (Fsp3) is 0.850. The minimum atomic E-state index is -0.808. The number of nitrogens with zero attached hydrogens (tertiary/aromatic N) is 1. The number of rotatable bonds is 8. The van der Waals surface area contributed by atoms with Gasteiger partial charge in [-0.2, -0.15) is 0 Å². The van der Waals surface area contributed by atoms with Crippen LogP contribution in [0.25, 0.3) is 0 Å². The summed E-state index contributed by atoms with van der Waals surface area (Å²) in [6, 6.07) is 0.357. The van der Waals surface area contributed by atoms with E-state index in [0.29, 0.717) is 32.0 Å². The molecule has 2 rings (SSSR count). The Labute approximate surface area is 162 Å². The van der Waals surface area contributed by atoms with Crippen molar-refractivity contribution in [2.45, 2.75) is 89.6 Å². The number of amides is 3. The molecular weight excluding hydrogens is 346 g/mol. The molecule has 2 fully saturated rings. The summed E-state index contributed by atoms with van der Waals surface area (Å²) in [6.07, 6.45) is 10.2. The van der Waals surface area contributed by atoms with E-state index >= 15 is 0 Å². The summed E-state index contributed by atoms with van der Waals surface area (Å²) in [7, 11) is 0. The van der Waals surface area contributed by atoms with Gasteiger partial charge in [0.25, 0.3) is 0 Å². The molecule has 7 nitrogen and oxygen atoms in total. The lowest BCUT2D eigenvalue weighted by molar-refractivity contribution is -0.147. The third-order valence-electron chi connectivity index (χ3n) is 5.84. The second-order valence-electron chi connectivity index (χ2n) is 8.05. The maximum atomic E-state index is 12.4. The lowest BCUT2D eigenvalue weighted by atomic mass is 9.93. The minimum Gasteiger partial charge on any atom is -0.481 e. The molecule has 0 radical (unpaired) electrons. The number of likely N-dealkylation sites (tertiary alicyclic amines) is 1. The van der Waals surface area contributed by atoms with Gasteiger partial charge < -0.3 is 20.6 Å². The van der Waals surface area contributed by atoms with Gasteiger partial charge in [-0.1, -0.05) is 25.7 Å². The molecule has 2 atom stereocenters. The number of hydrogen-bond acceptors (Lipinski definition) is 3. The highest BCUT2D eigenvalue weighted by atomic mass is 16.4. The molecule has 1 aliphatic carbocycles. The summed E-state index contributed by atoms with van der Waals surface area (Å²) in [6.45, 7) is 2.94. The molecule has 3 amide bonds. The summed E-state index contributed by atoms with van der Waals surface area (Å²) in [4.78, 5) is 37.1. The van der Waals surface area contributed by atoms with E-state index in [9.17, 15) is 14.4 Å². The zero-order chi connectivity index (χ0) is 19.6. The standard InChI is InChI=1S/C20H35N3O4/c1-15-11-12-16(19(25)26)14-23(15)18(24)10-6-3-7-13-21-20(27)22-17-8-4-2-5-9-17/h15-17H,2-14H2,1H3,(H,25,26)(H2,21,22,27). The van der Waals surface area contributed by atoms with Gasteiger partial charge in [0, 0.05) is 31.6 Å². The maximum Gasteiger partial charge on any atom is 0.315 e. The lowest BCUT2D eigenvalue weighted by Crippen LogP contribution is -2.47. The molecule has 1 aliphatic heterocycles. The van der Waals surface area contributed by atoms with E-state index in [1.165, 1.54) is 19.3 Å². The van der Waals surface area contributed by atoms with Crippen molar-refractivity contribution in [3.8, 4) is 0 Å². The van der Waals surface area contributed by atoms with Gasteiger partial charge in [0.15, 0.2) is 0 Å². The molecule has 1 heterocycles. The molecule has 2 unspecified atom stereocenters. The van der Waals surface area contributed by atoms with Crippen LogP contribution >= 0.6 is 0 Å². The number of aliphatic carboxylic acids is 1. The largest absolute Gasteiger partial charge is 0.481 e. The Morgan fingerprint density at radius 3 is 2.44 bits per heavy atom. The average molecular weight is 382 g/mol. The summed E-state index contributed by atoms with van der Waals surface area (Å²) < 4.78 is 0. The molecule has 0 aromatic heterocycles. The van der Waals surface area contributed by atoms with E-state index in [4.69, 9.17) is 5.11 Å². The van der Waals surface area contributed by atoms with Crippen molar-refractivity contribution >= 4 is 17.9 Å². The van der Waals surface area contributed by atoms with E-state index in [0.717, 1.165) is 38.5 Å². The van der Waals surface area contributed by atoms with Gasteiger partial charge in [-0.3, -0.25) is 9.59 Å². The molecule has 1 saturated carbocycles. The van der Waals surface area contributed by atoms with Gasteiger partial charge in [0.1, 0.15) is 0 Å². The SMILES string of the molecule is CC1CCC(C(=O)O)CN1C(=O)CCCCCNC(=O)NC1CCCCC1. The van der Waals surface area contributed by atoms with Crippen molar-refractivity contribution in [2.75, 3.05) is 13.1 Å². The minimum absolute atomic E-state index is 0.0523. The second-order valence-corrected chi connectivity index (χ2v) is 8.05. The quantitative estimate of drug-likeness (QED) is 0.563. The van der Waals surface area contributed by atoms with Gasteiger partial charge in [-0.05, 0) is 45.4 Å². The molecule has 27 heavy (non-hydrogen) atoms. The van der Waals surface area contributed by atoms with Crippen molar-refractivity contribution in [3.63, 3.8) is 0 Å². The van der Waals surface area contributed by atoms with Gasteiger partial charge >= 0.3 is 12.0 Å². The van der Waals surface area contributed by atoms with Gasteiger partial charge in [-0.25, -0.2) is 4.79 Å². The van der Waals surface area contributed by atoms with Crippen LogP contribution in [0.3, 0.4) is 0 Å². The molecule has 2 aliphatic rings. The summed E-state index contributed by atoms with van der Waals surface area (Å²) >= 11 is 0. The van der Waals surface area contributed by atoms with E-state index in [2.05, 4.69) is 10.6 Å². The highest BCUT2D eigenvalue weighted by Crippen LogP contribution is 2.23. The van der Waals surface area contributed by atoms with Crippen molar-refractivity contribution in [1.82, 2.24) is 15.5 Å². The topological polar surface area (TPSA) is 98.7 Å². The number of urea groups is 1. The van der Waals surface area contributed by atoms with E-state index in [1.807, 2.05) is 6.92 Å². The van der Waals surface area contributed by atoms with E-state index in [1.54, 1.807) is 4.90 Å². The first-order chi connectivity index (χ1) is 13.0. The monoisotopic (exact) mass is 381 g/mol. The zero-order valence-corrected chi connectivity index (χ0v) is 16.5. The van der Waals surface area contributed by atoms with Crippen LogP contribution in [0.2, 0.25) is 0 Å². The second kappa shape index (κ2) is 11.1. The molecule has 1 saturated heterocycles. The van der Waals surface area contributed by atoms with Crippen molar-refractivity contribution in [1.29, 1.82) is 0 Å². The number of piperidine rings is 1. The van der Waals surface area contributed by atoms with Crippen molar-refractivity contribution in [2.24, 2.45) is 5.92 Å². The molecule has 7 heteroatoms. The van der Waals surface area contributed by atoms with Gasteiger partial charge in [0.05, 0.1) is 5.92 Å². The Balaban J connectivity index is 1.54. The zero-order valence-electron chi connectivity index (χ0n) is 16.5. The molecule has 0 aromatic rings. The third-order valence-corrected chi connectivity index (χ3v) is 5.84. The first-order valence-corrected chi connectivity index (χ1v) is 10.5. The van der Waals surface area contributed by atoms with E-state index in [-0.39, 0.29) is 18.0 Å². The fourth-order valence-electron chi connectivity index (χ4n) is 4.06. The fourth-order valence-corrected chi connectivity index (χ4v) is 4.06. The van der Waals surface area contributed by atoms with Crippen LogP contribution in [-0.2, 0) is 9.59 Å². The third kappa shape index (κ3) is 7.39. The number of carboxylic acids is 1. The molecule has 0 aromatic carbocycles. The number of carbonyl (C=O) groups excluding carboxylic acids is 2. The molecule has 0 bridgehead atoms. The molecule has 154 valence electrons. The van der Waals surface area contributed by atoms with Crippen LogP contribution in [0.5, 0.6) is 0 Å². The van der Waals surface area contributed by atoms with Crippen LogP contribution in [0, 0.1) is 5.92 Å². The number of unbranched alkanes of at least 4 members (excludes halogenated alkanes) is 2. The average Bonchev–Trinajstić information content (AvgIpc) is 2.65. The Morgan fingerprint density at radius 2 is 1.74 bits per heavy atom. The summed E-state index contributed by atoms with van der Waals surface area (Å²) in [5.41, 5.74) is 0. The van der Waals surface area contributed by atoms with Crippen LogP contribution in [0.1, 0.15) is 77.6 Å². The number of carboxylic acid groups (broad SMARTS) is 1. The van der Waals surface area contributed by atoms with Gasteiger partial charge in [-0.15, -0.1) is 0 Å². The number of carbonyl (C=O) groups is 3. The van der Waals surface area contributed by atoms with Crippen LogP contribution in [-0.4, -0.2) is 53.1 Å². The van der Waals surface area contributed by atoms with Crippen LogP contribution in [0.15, 0.2) is 0 Å². The van der Waals surface area contributed by atoms with E-state index < -0.39 is 11.9 Å². The first-order valence-electron chi connectivity index (χ1n) is 10.5. The Bertz CT molecular complexity index is 505. The molecule has 3 N–H and O–H groups in total. The lowest BCUT2D eigenvalue weighted by Gasteiger charge is -2.36. The van der Waals surface area contributed by atoms with Gasteiger partial charge in [0.2, 0.25) is 5.91 Å². The van der Waals surface area contributed by atoms with Crippen LogP contribution < -0.4 is 10.6 Å². The summed E-state index contributed by atoms with van der Waals surface area (Å²) in [5, 5.41) is 15.1. The Kier molecular flexibility index (Phi) is 8.88. The highest BCUT2D eigenvalue weighted by Gasteiger charge is 2.32. The Hall–Kier alpha value is -1.79. The maximum absolute atomic E-state index is 12.4. The predicted molar refractivity (Wildman–Crippen MR) is 103 cm³/mol. The molecular formula is C20H35N3O4. The normalized spacial score (nSPS) is 23.7. The smallest absolute Gasteiger partial charge is 0.315 e. The highest BCUT2D eigenvalue weighted by molar-refractivity contribution is 5.78. The molecule has 0 spiro atoms. The van der Waals surface area contributed by atoms with Crippen molar-refractivity contribution < 1.29 is 19.5 Å². The number of hydrogen-bond donors (Lipinski definition) is 3. The van der Waals surface area contributed by atoms with Crippen LogP contribution in [0.4, 0.5) is 4.79 Å². The van der Waals surface area contributed by atoms with Crippen molar-refractivity contribution in [3.05, 3.63) is 0 Å². The summed E-state index contributed by atoms with van der Waals surface area (Å²) in [5.74, 6) is -1.19. The predicted octanol–water partition coefficient (Wildman–Crippen LogP) is 2.89. The Morgan fingerprint density at radius 1 is 1.00 bits per heavy atom. The first kappa shape index (κ1) is 21.5. The number of nitrogens with one attached hydrogen (secondary N) is 2.